The molecule has 2 rings (SSSR count). The van der Waals surface area contributed by atoms with Crippen molar-refractivity contribution in [2.75, 3.05) is 0 Å². The summed E-state index contributed by atoms with van der Waals surface area (Å²) in [4.78, 5) is 29.1. The van der Waals surface area contributed by atoms with Crippen LogP contribution in [0.5, 0.6) is 0 Å². The number of aliphatic carboxylic acids is 2. The predicted molar refractivity (Wildman–Crippen MR) is 131 cm³/mol. The van der Waals surface area contributed by atoms with Crippen LogP contribution in [0.2, 0.25) is 0 Å². The summed E-state index contributed by atoms with van der Waals surface area (Å²) in [6.45, 7) is 7.92. The molecule has 0 fully saturated rings. The van der Waals surface area contributed by atoms with Gasteiger partial charge in [-0.2, -0.15) is 0 Å². The van der Waals surface area contributed by atoms with Gasteiger partial charge >= 0.3 is 11.9 Å². The fourth-order valence-electron chi connectivity index (χ4n) is 2.83. The third-order valence-electron chi connectivity index (χ3n) is 4.82. The summed E-state index contributed by atoms with van der Waals surface area (Å²) in [7, 11) is 0. The van der Waals surface area contributed by atoms with Gasteiger partial charge in [0.25, 0.3) is 0 Å². The molecule has 2 N–H and O–H groups in total. The molecule has 2 unspecified atom stereocenters. The van der Waals surface area contributed by atoms with Crippen LogP contribution in [0.25, 0.3) is 11.4 Å². The van der Waals surface area contributed by atoms with Gasteiger partial charge in [0.1, 0.15) is 0 Å². The van der Waals surface area contributed by atoms with E-state index in [-0.39, 0.29) is 36.0 Å². The first-order valence-corrected chi connectivity index (χ1v) is 11.2. The molecule has 2 atom stereocenters. The maximum atomic E-state index is 10.4. The molecule has 187 valence electrons. The van der Waals surface area contributed by atoms with Crippen LogP contribution in [0, 0.1) is 19.3 Å². The number of pyridine rings is 2. The maximum Gasteiger partial charge on any atom is 0.306 e. The summed E-state index contributed by atoms with van der Waals surface area (Å²) >= 11 is 0. The standard InChI is InChI=1S/C10H8N2.C8H16O2.C7H14O2.CH3.Co/c1-3-7-11-9(5-1)10-6-2-4-8-12-10;1-3-5-6-7(4-2)8(9)10;1-3-5-6(4-2)7(8)9;;/h1-8H;7H,3-6H2,1-2H3,(H,9,10);6H,3-5H2,1-2H3,(H,8,9);1H3;/q;;;+1;. The van der Waals surface area contributed by atoms with Crippen LogP contribution < -0.4 is 0 Å². The van der Waals surface area contributed by atoms with Crippen LogP contribution in [0.3, 0.4) is 0 Å². The number of nitrogens with zero attached hydrogens (tertiary/aromatic N) is 2. The van der Waals surface area contributed by atoms with Crippen molar-refractivity contribution in [3.63, 3.8) is 0 Å². The normalized spacial score (nSPS) is 11.0. The Kier molecular flexibility index (Phi) is 24.3. The van der Waals surface area contributed by atoms with Gasteiger partial charge in [0.15, 0.2) is 0 Å². The molecule has 0 aromatic carbocycles. The SMILES string of the molecule is CCCC(CC)C(=O)O.CCCCC(CC)C(=O)O.[CH3+].[Co].c1ccc(-c2ccccn2)nc1. The van der Waals surface area contributed by atoms with E-state index in [1.54, 1.807) is 12.4 Å². The number of carboxylic acid groups (broad SMARTS) is 2. The van der Waals surface area contributed by atoms with Crippen molar-refractivity contribution < 1.29 is 36.6 Å². The zero-order chi connectivity index (χ0) is 23.5. The molecule has 0 bridgehead atoms. The number of unbranched alkanes of at least 4 members (excludes halogenated alkanes) is 1. The van der Waals surface area contributed by atoms with Crippen LogP contribution in [0.15, 0.2) is 48.8 Å². The molecule has 0 aliphatic rings. The number of carbonyl (C=O) groups is 2. The van der Waals surface area contributed by atoms with Gasteiger partial charge in [-0.3, -0.25) is 19.6 Å². The summed E-state index contributed by atoms with van der Waals surface area (Å²) in [5.41, 5.74) is 1.83. The van der Waals surface area contributed by atoms with Gasteiger partial charge in [-0.05, 0) is 49.9 Å². The summed E-state index contributed by atoms with van der Waals surface area (Å²) < 4.78 is 0. The maximum absolute atomic E-state index is 10.4. The molecule has 0 aliphatic carbocycles. The minimum Gasteiger partial charge on any atom is -0.481 e. The molecule has 2 heterocycles. The third-order valence-corrected chi connectivity index (χ3v) is 4.82. The number of hydrogen-bond acceptors (Lipinski definition) is 4. The molecule has 33 heavy (non-hydrogen) atoms. The average Bonchev–Trinajstić information content (AvgIpc) is 2.79. The number of rotatable bonds is 10. The van der Waals surface area contributed by atoms with Crippen molar-refractivity contribution in [1.82, 2.24) is 9.97 Å². The first-order chi connectivity index (χ1) is 14.9. The minimum absolute atomic E-state index is 0. The predicted octanol–water partition coefficient (Wildman–Crippen LogP) is 6.78. The van der Waals surface area contributed by atoms with Gasteiger partial charge in [-0.1, -0.05) is 59.1 Å². The van der Waals surface area contributed by atoms with Crippen LogP contribution in [-0.4, -0.2) is 32.1 Å². The van der Waals surface area contributed by atoms with Gasteiger partial charge in [0.2, 0.25) is 0 Å². The molecule has 7 heteroatoms. The smallest absolute Gasteiger partial charge is 0.306 e. The molecule has 0 saturated heterocycles. The molecule has 0 amide bonds. The van der Waals surface area contributed by atoms with Crippen molar-refractivity contribution in [1.29, 1.82) is 0 Å². The monoisotopic (exact) mass is 504 g/mol. The Hall–Kier alpha value is -2.38. The fraction of sp³-hybridized carbons (Fsp3) is 0.500. The summed E-state index contributed by atoms with van der Waals surface area (Å²) in [5, 5.41) is 17.1. The second-order valence-electron chi connectivity index (χ2n) is 7.25. The van der Waals surface area contributed by atoms with Gasteiger partial charge in [0.05, 0.1) is 23.2 Å². The molecule has 2 aromatic rings. The molecule has 2 aromatic heterocycles. The van der Waals surface area contributed by atoms with Crippen molar-refractivity contribution >= 4 is 11.9 Å². The van der Waals surface area contributed by atoms with E-state index >= 15 is 0 Å². The van der Waals surface area contributed by atoms with Crippen LogP contribution in [0.1, 0.15) is 72.6 Å². The third kappa shape index (κ3) is 16.8. The fourth-order valence-corrected chi connectivity index (χ4v) is 2.83. The summed E-state index contributed by atoms with van der Waals surface area (Å²) in [6.07, 6.45) is 9.78. The van der Waals surface area contributed by atoms with Crippen molar-refractivity contribution in [3.05, 3.63) is 56.2 Å². The second kappa shape index (κ2) is 22.8. The van der Waals surface area contributed by atoms with E-state index < -0.39 is 11.9 Å². The van der Waals surface area contributed by atoms with Crippen LogP contribution in [-0.2, 0) is 26.4 Å². The zero-order valence-corrected chi connectivity index (χ0v) is 21.7. The molecular weight excluding hydrogens is 463 g/mol. The van der Waals surface area contributed by atoms with Crippen molar-refractivity contribution in [2.45, 2.75) is 72.6 Å². The van der Waals surface area contributed by atoms with Gasteiger partial charge in [0, 0.05) is 36.6 Å². The topological polar surface area (TPSA) is 100 Å². The van der Waals surface area contributed by atoms with E-state index in [2.05, 4.69) is 16.9 Å². The number of aromatic nitrogens is 2. The number of carboxylic acids is 2. The molecule has 0 spiro atoms. The van der Waals surface area contributed by atoms with Gasteiger partial charge in [-0.15, -0.1) is 0 Å². The van der Waals surface area contributed by atoms with E-state index in [0.29, 0.717) is 0 Å². The Morgan fingerprint density at radius 3 is 1.42 bits per heavy atom. The summed E-state index contributed by atoms with van der Waals surface area (Å²) in [5.74, 6) is -1.52. The molecule has 0 saturated carbocycles. The molecular formula is C26H41CoN2O4+. The van der Waals surface area contributed by atoms with Crippen LogP contribution in [0.4, 0.5) is 0 Å². The van der Waals surface area contributed by atoms with Crippen LogP contribution >= 0.6 is 0 Å². The van der Waals surface area contributed by atoms with Gasteiger partial charge in [-0.25, -0.2) is 0 Å². The average molecular weight is 505 g/mol. The van der Waals surface area contributed by atoms with E-state index in [1.807, 2.05) is 57.2 Å². The summed E-state index contributed by atoms with van der Waals surface area (Å²) in [6, 6.07) is 11.6. The molecule has 1 radical (unpaired) electrons. The second-order valence-corrected chi connectivity index (χ2v) is 7.25. The molecule has 6 nitrogen and oxygen atoms in total. The van der Waals surface area contributed by atoms with E-state index in [1.165, 1.54) is 0 Å². The van der Waals surface area contributed by atoms with Crippen molar-refractivity contribution in [3.8, 4) is 11.4 Å². The first kappa shape index (κ1) is 35.2. The Balaban J connectivity index is -0.000000403. The Labute approximate surface area is 210 Å². The largest absolute Gasteiger partial charge is 0.481 e. The quantitative estimate of drug-likeness (QED) is 0.346. The first-order valence-electron chi connectivity index (χ1n) is 11.2. The number of hydrogen-bond donors (Lipinski definition) is 2. The molecule has 0 aliphatic heterocycles. The Morgan fingerprint density at radius 2 is 1.18 bits per heavy atom. The Bertz CT molecular complexity index is 677. The zero-order valence-electron chi connectivity index (χ0n) is 20.7. The van der Waals surface area contributed by atoms with E-state index in [4.69, 9.17) is 10.2 Å². The minimum atomic E-state index is -0.653. The van der Waals surface area contributed by atoms with E-state index in [0.717, 1.165) is 56.3 Å². The Morgan fingerprint density at radius 1 is 0.758 bits per heavy atom. The van der Waals surface area contributed by atoms with E-state index in [9.17, 15) is 9.59 Å². The van der Waals surface area contributed by atoms with Gasteiger partial charge < -0.3 is 10.2 Å². The van der Waals surface area contributed by atoms with Crippen molar-refractivity contribution in [2.24, 2.45) is 11.8 Å².